The van der Waals surface area contributed by atoms with E-state index in [1.165, 1.54) is 29.7 Å². The van der Waals surface area contributed by atoms with Crippen molar-refractivity contribution >= 4 is 23.2 Å². The molecule has 1 aliphatic heterocycles. The first kappa shape index (κ1) is 19.3. The van der Waals surface area contributed by atoms with Crippen molar-refractivity contribution in [2.45, 2.75) is 25.7 Å². The summed E-state index contributed by atoms with van der Waals surface area (Å²) in [5.74, 6) is 0.511. The summed E-state index contributed by atoms with van der Waals surface area (Å²) in [5, 5.41) is 3.15. The van der Waals surface area contributed by atoms with E-state index in [0.717, 1.165) is 38.3 Å². The van der Waals surface area contributed by atoms with Crippen LogP contribution >= 0.6 is 0 Å². The van der Waals surface area contributed by atoms with E-state index in [4.69, 9.17) is 5.73 Å². The Bertz CT molecular complexity index is 872. The summed E-state index contributed by atoms with van der Waals surface area (Å²) in [4.78, 5) is 21.1. The highest BCUT2D eigenvalue weighted by Gasteiger charge is 2.20. The van der Waals surface area contributed by atoms with Gasteiger partial charge in [-0.15, -0.1) is 0 Å². The molecule has 6 heteroatoms. The molecule has 0 atom stereocenters. The van der Waals surface area contributed by atoms with Gasteiger partial charge >= 0.3 is 0 Å². The Kier molecular flexibility index (Phi) is 5.98. The predicted octanol–water partition coefficient (Wildman–Crippen LogP) is 2.64. The Hall–Kier alpha value is -3.02. The quantitative estimate of drug-likeness (QED) is 0.607. The number of hydrogen-bond acceptors (Lipinski definition) is 3. The number of nitrogens with zero attached hydrogens (tertiary/aromatic N) is 3. The number of aryl methyl sites for hydroxylation is 2. The highest BCUT2D eigenvalue weighted by atomic mass is 16.2. The van der Waals surface area contributed by atoms with E-state index in [2.05, 4.69) is 39.5 Å². The van der Waals surface area contributed by atoms with Gasteiger partial charge in [0.15, 0.2) is 5.96 Å². The van der Waals surface area contributed by atoms with Crippen molar-refractivity contribution in [1.82, 2.24) is 4.90 Å². The molecule has 2 aromatic rings. The van der Waals surface area contributed by atoms with Crippen molar-refractivity contribution in [3.8, 4) is 0 Å². The fraction of sp³-hybridized carbons (Fsp3) is 0.391. The molecule has 3 N–H and O–H groups in total. The molecule has 0 bridgehead atoms. The van der Waals surface area contributed by atoms with Crippen LogP contribution in [0, 0.1) is 0 Å². The molecule has 1 heterocycles. The minimum Gasteiger partial charge on any atom is -0.370 e. The van der Waals surface area contributed by atoms with Crippen molar-refractivity contribution in [3.05, 3.63) is 59.7 Å². The van der Waals surface area contributed by atoms with Crippen LogP contribution in [0.1, 0.15) is 24.0 Å². The van der Waals surface area contributed by atoms with Crippen LogP contribution in [0.2, 0.25) is 0 Å². The number of benzene rings is 2. The lowest BCUT2D eigenvalue weighted by molar-refractivity contribution is -0.131. The van der Waals surface area contributed by atoms with Gasteiger partial charge < -0.3 is 20.9 Å². The molecule has 2 aliphatic rings. The molecule has 1 amide bonds. The molecule has 4 rings (SSSR count). The van der Waals surface area contributed by atoms with E-state index < -0.39 is 0 Å². The van der Waals surface area contributed by atoms with E-state index in [1.54, 1.807) is 0 Å². The lowest BCUT2D eigenvalue weighted by Crippen LogP contribution is -2.48. The molecule has 1 saturated heterocycles. The summed E-state index contributed by atoms with van der Waals surface area (Å²) in [6, 6.07) is 16.7. The van der Waals surface area contributed by atoms with E-state index in [0.29, 0.717) is 18.9 Å². The second-order valence-corrected chi connectivity index (χ2v) is 7.68. The molecule has 6 nitrogen and oxygen atoms in total. The summed E-state index contributed by atoms with van der Waals surface area (Å²) >= 11 is 0. The van der Waals surface area contributed by atoms with Gasteiger partial charge in [0.2, 0.25) is 5.91 Å². The molecule has 1 aliphatic carbocycles. The van der Waals surface area contributed by atoms with Gasteiger partial charge in [-0.1, -0.05) is 24.3 Å². The lowest BCUT2D eigenvalue weighted by Gasteiger charge is -2.36. The van der Waals surface area contributed by atoms with Crippen LogP contribution in [0.15, 0.2) is 53.5 Å². The number of hydrogen-bond donors (Lipinski definition) is 2. The van der Waals surface area contributed by atoms with E-state index in [1.807, 2.05) is 29.2 Å². The highest BCUT2D eigenvalue weighted by molar-refractivity contribution is 5.92. The van der Waals surface area contributed by atoms with Crippen LogP contribution < -0.4 is 16.0 Å². The molecular formula is C23H29N5O. The third-order valence-electron chi connectivity index (χ3n) is 5.73. The van der Waals surface area contributed by atoms with Gasteiger partial charge in [-0.3, -0.25) is 9.79 Å². The van der Waals surface area contributed by atoms with Gasteiger partial charge in [-0.25, -0.2) is 0 Å². The van der Waals surface area contributed by atoms with Gasteiger partial charge in [-0.05, 0) is 54.7 Å². The first-order valence-corrected chi connectivity index (χ1v) is 10.5. The number of amides is 1. The molecule has 152 valence electrons. The summed E-state index contributed by atoms with van der Waals surface area (Å²) in [6.45, 7) is 3.63. The average molecular weight is 392 g/mol. The van der Waals surface area contributed by atoms with Gasteiger partial charge in [0.1, 0.15) is 0 Å². The second kappa shape index (κ2) is 8.99. The zero-order valence-electron chi connectivity index (χ0n) is 16.8. The van der Waals surface area contributed by atoms with Crippen LogP contribution in [0.3, 0.4) is 0 Å². The summed E-state index contributed by atoms with van der Waals surface area (Å²) in [6.07, 6.45) is 3.91. The molecule has 0 unspecified atom stereocenters. The number of carbonyl (C=O) groups excluding carboxylic acids is 1. The number of aliphatic imine (C=N–C) groups is 1. The minimum atomic E-state index is 0.145. The SMILES string of the molecule is NC(=NCCC(=O)N1CCN(c2ccccc2)CC1)Nc1ccc2c(c1)CCC2. The molecule has 0 spiro atoms. The smallest absolute Gasteiger partial charge is 0.224 e. The monoisotopic (exact) mass is 391 g/mol. The number of guanidine groups is 1. The molecule has 2 aromatic carbocycles. The maximum atomic E-state index is 12.5. The fourth-order valence-electron chi connectivity index (χ4n) is 4.12. The zero-order chi connectivity index (χ0) is 20.1. The minimum absolute atomic E-state index is 0.145. The number of para-hydroxylation sites is 1. The number of fused-ring (bicyclic) bond motifs is 1. The normalized spacial score (nSPS) is 16.6. The predicted molar refractivity (Wildman–Crippen MR) is 118 cm³/mol. The number of nitrogens with two attached hydrogens (primary N) is 1. The summed E-state index contributed by atoms with van der Waals surface area (Å²) < 4.78 is 0. The average Bonchev–Trinajstić information content (AvgIpc) is 3.22. The van der Waals surface area contributed by atoms with Crippen LogP contribution in [-0.2, 0) is 17.6 Å². The van der Waals surface area contributed by atoms with E-state index in [-0.39, 0.29) is 5.91 Å². The number of carbonyl (C=O) groups is 1. The third kappa shape index (κ3) is 4.88. The van der Waals surface area contributed by atoms with Crippen LogP contribution in [0.5, 0.6) is 0 Å². The first-order valence-electron chi connectivity index (χ1n) is 10.5. The van der Waals surface area contributed by atoms with Gasteiger partial charge in [0.25, 0.3) is 0 Å². The Morgan fingerprint density at radius 2 is 1.76 bits per heavy atom. The van der Waals surface area contributed by atoms with E-state index in [9.17, 15) is 4.79 Å². The fourth-order valence-corrected chi connectivity index (χ4v) is 4.12. The van der Waals surface area contributed by atoms with Crippen molar-refractivity contribution in [2.24, 2.45) is 10.7 Å². The lowest BCUT2D eigenvalue weighted by atomic mass is 10.1. The number of rotatable bonds is 5. The molecule has 0 radical (unpaired) electrons. The van der Waals surface area contributed by atoms with Gasteiger partial charge in [-0.2, -0.15) is 0 Å². The Morgan fingerprint density at radius 3 is 2.55 bits per heavy atom. The maximum Gasteiger partial charge on any atom is 0.224 e. The number of piperazine rings is 1. The summed E-state index contributed by atoms with van der Waals surface area (Å²) in [5.41, 5.74) is 11.0. The van der Waals surface area contributed by atoms with Gasteiger partial charge in [0.05, 0.1) is 6.54 Å². The van der Waals surface area contributed by atoms with E-state index >= 15 is 0 Å². The third-order valence-corrected chi connectivity index (χ3v) is 5.73. The largest absolute Gasteiger partial charge is 0.370 e. The van der Waals surface area contributed by atoms with Crippen molar-refractivity contribution in [2.75, 3.05) is 42.9 Å². The van der Waals surface area contributed by atoms with Crippen molar-refractivity contribution in [3.63, 3.8) is 0 Å². The Morgan fingerprint density at radius 1 is 1.00 bits per heavy atom. The Labute approximate surface area is 172 Å². The number of nitrogens with one attached hydrogen (secondary N) is 1. The summed E-state index contributed by atoms with van der Waals surface area (Å²) in [7, 11) is 0. The first-order chi connectivity index (χ1) is 14.2. The maximum absolute atomic E-state index is 12.5. The second-order valence-electron chi connectivity index (χ2n) is 7.68. The van der Waals surface area contributed by atoms with Crippen LogP contribution in [0.25, 0.3) is 0 Å². The van der Waals surface area contributed by atoms with Crippen molar-refractivity contribution < 1.29 is 4.79 Å². The van der Waals surface area contributed by atoms with Crippen LogP contribution in [0.4, 0.5) is 11.4 Å². The number of anilines is 2. The zero-order valence-corrected chi connectivity index (χ0v) is 16.8. The van der Waals surface area contributed by atoms with Crippen molar-refractivity contribution in [1.29, 1.82) is 0 Å². The molecule has 0 saturated carbocycles. The van der Waals surface area contributed by atoms with Crippen LogP contribution in [-0.4, -0.2) is 49.5 Å². The molecular weight excluding hydrogens is 362 g/mol. The molecule has 29 heavy (non-hydrogen) atoms. The Balaban J connectivity index is 1.21. The molecule has 1 fully saturated rings. The highest BCUT2D eigenvalue weighted by Crippen LogP contribution is 2.24. The molecule has 0 aromatic heterocycles. The topological polar surface area (TPSA) is 74.0 Å². The standard InChI is InChI=1S/C23H29N5O/c24-23(26-20-10-9-18-5-4-6-19(18)17-20)25-12-11-22(29)28-15-13-27(14-16-28)21-7-2-1-3-8-21/h1-3,7-10,17H,4-6,11-16H2,(H3,24,25,26). The van der Waals surface area contributed by atoms with Gasteiger partial charge in [0, 0.05) is 44.0 Å².